The first-order valence-electron chi connectivity index (χ1n) is 4.17. The van der Waals surface area contributed by atoms with Gasteiger partial charge in [0.05, 0.1) is 0 Å². The highest BCUT2D eigenvalue weighted by Gasteiger charge is 2.46. The van der Waals surface area contributed by atoms with E-state index in [0.717, 1.165) is 5.92 Å². The number of phenols is 1. The first-order chi connectivity index (χ1) is 5.36. The minimum atomic E-state index is 0.521. The fourth-order valence-corrected chi connectivity index (χ4v) is 2.31. The normalized spacial score (nSPS) is 31.3. The van der Waals surface area contributed by atoms with Gasteiger partial charge in [0, 0.05) is 5.56 Å². The molecule has 2 aliphatic rings. The van der Waals surface area contributed by atoms with Crippen LogP contribution >= 0.6 is 0 Å². The summed E-state index contributed by atoms with van der Waals surface area (Å²) in [6.45, 7) is 0. The number of hydrogen-bond acceptors (Lipinski definition) is 1. The third-order valence-corrected chi connectivity index (χ3v) is 2.95. The van der Waals surface area contributed by atoms with Crippen molar-refractivity contribution in [3.05, 3.63) is 29.3 Å². The predicted molar refractivity (Wildman–Crippen MR) is 42.7 cm³/mol. The number of rotatable bonds is 0. The molecule has 11 heavy (non-hydrogen) atoms. The summed E-state index contributed by atoms with van der Waals surface area (Å²) in [5, 5.41) is 9.53. The molecule has 0 amide bonds. The summed E-state index contributed by atoms with van der Waals surface area (Å²) < 4.78 is 0. The van der Waals surface area contributed by atoms with E-state index in [1.54, 1.807) is 6.07 Å². The van der Waals surface area contributed by atoms with Gasteiger partial charge in [-0.3, -0.25) is 0 Å². The minimum Gasteiger partial charge on any atom is -0.508 e. The molecule has 0 aromatic heterocycles. The molecule has 0 aliphatic heterocycles. The number of phenolic OH excluding ortho intramolecular Hbond substituents is 1. The van der Waals surface area contributed by atoms with Gasteiger partial charge in [-0.05, 0) is 36.3 Å². The quantitative estimate of drug-likeness (QED) is 0.594. The molecule has 2 aliphatic carbocycles. The SMILES string of the molecule is Oc1cccc2c1[C@H]1C[C@H]1C2. The average Bonchev–Trinajstić information content (AvgIpc) is 2.62. The van der Waals surface area contributed by atoms with Gasteiger partial charge in [0.2, 0.25) is 0 Å². The van der Waals surface area contributed by atoms with Crippen molar-refractivity contribution in [2.45, 2.75) is 18.8 Å². The monoisotopic (exact) mass is 146 g/mol. The molecule has 1 N–H and O–H groups in total. The van der Waals surface area contributed by atoms with Crippen LogP contribution in [-0.2, 0) is 6.42 Å². The molecule has 0 unspecified atom stereocenters. The van der Waals surface area contributed by atoms with Crippen LogP contribution < -0.4 is 0 Å². The summed E-state index contributed by atoms with van der Waals surface area (Å²) in [5.74, 6) is 2.11. The van der Waals surface area contributed by atoms with Crippen molar-refractivity contribution in [1.29, 1.82) is 0 Å². The second-order valence-electron chi connectivity index (χ2n) is 3.66. The third kappa shape index (κ3) is 0.609. The zero-order valence-corrected chi connectivity index (χ0v) is 6.25. The van der Waals surface area contributed by atoms with Crippen LogP contribution in [0.4, 0.5) is 0 Å². The number of benzene rings is 1. The third-order valence-electron chi connectivity index (χ3n) is 2.95. The molecule has 56 valence electrons. The lowest BCUT2D eigenvalue weighted by atomic mass is 10.1. The molecule has 2 atom stereocenters. The molecule has 0 heterocycles. The number of aromatic hydroxyl groups is 1. The van der Waals surface area contributed by atoms with E-state index < -0.39 is 0 Å². The van der Waals surface area contributed by atoms with E-state index in [1.807, 2.05) is 6.07 Å². The van der Waals surface area contributed by atoms with Crippen LogP contribution in [0.3, 0.4) is 0 Å². The topological polar surface area (TPSA) is 20.2 Å². The maximum Gasteiger partial charge on any atom is 0.119 e. The molecular formula is C10H10O. The van der Waals surface area contributed by atoms with Gasteiger partial charge in [-0.2, -0.15) is 0 Å². The Kier molecular flexibility index (Phi) is 0.823. The minimum absolute atomic E-state index is 0.521. The second kappa shape index (κ2) is 1.60. The highest BCUT2D eigenvalue weighted by atomic mass is 16.3. The molecule has 1 saturated carbocycles. The smallest absolute Gasteiger partial charge is 0.119 e. The van der Waals surface area contributed by atoms with E-state index in [2.05, 4.69) is 6.07 Å². The van der Waals surface area contributed by atoms with Gasteiger partial charge in [-0.1, -0.05) is 12.1 Å². The van der Waals surface area contributed by atoms with Gasteiger partial charge in [-0.25, -0.2) is 0 Å². The van der Waals surface area contributed by atoms with Gasteiger partial charge in [-0.15, -0.1) is 0 Å². The molecule has 1 aromatic rings. The van der Waals surface area contributed by atoms with Gasteiger partial charge >= 0.3 is 0 Å². The van der Waals surface area contributed by atoms with E-state index in [9.17, 15) is 5.11 Å². The molecule has 0 radical (unpaired) electrons. The summed E-state index contributed by atoms with van der Waals surface area (Å²) in [4.78, 5) is 0. The van der Waals surface area contributed by atoms with Crippen molar-refractivity contribution >= 4 is 0 Å². The lowest BCUT2D eigenvalue weighted by Gasteiger charge is -2.03. The number of fused-ring (bicyclic) bond motifs is 3. The predicted octanol–water partition coefficient (Wildman–Crippen LogP) is 2.05. The van der Waals surface area contributed by atoms with Crippen LogP contribution in [0.1, 0.15) is 23.5 Å². The highest BCUT2D eigenvalue weighted by molar-refractivity contribution is 5.49. The van der Waals surface area contributed by atoms with E-state index in [1.165, 1.54) is 24.0 Å². The Bertz CT molecular complexity index is 317. The molecule has 1 heteroatoms. The fourth-order valence-electron chi connectivity index (χ4n) is 2.31. The zero-order chi connectivity index (χ0) is 7.42. The Morgan fingerprint density at radius 1 is 1.36 bits per heavy atom. The average molecular weight is 146 g/mol. The van der Waals surface area contributed by atoms with Gasteiger partial charge in [0.1, 0.15) is 5.75 Å². The molecule has 1 aromatic carbocycles. The Balaban J connectivity index is 2.25. The van der Waals surface area contributed by atoms with Gasteiger partial charge in [0.25, 0.3) is 0 Å². The molecule has 0 spiro atoms. The van der Waals surface area contributed by atoms with E-state index in [-0.39, 0.29) is 0 Å². The first kappa shape index (κ1) is 5.64. The Hall–Kier alpha value is -0.980. The van der Waals surface area contributed by atoms with Crippen molar-refractivity contribution in [1.82, 2.24) is 0 Å². The molecular weight excluding hydrogens is 136 g/mol. The molecule has 1 nitrogen and oxygen atoms in total. The summed E-state index contributed by atoms with van der Waals surface area (Å²) in [5.41, 5.74) is 2.63. The number of hydrogen-bond donors (Lipinski definition) is 1. The lowest BCUT2D eigenvalue weighted by Crippen LogP contribution is -1.85. The van der Waals surface area contributed by atoms with Crippen LogP contribution in [0.2, 0.25) is 0 Å². The zero-order valence-electron chi connectivity index (χ0n) is 6.25. The second-order valence-corrected chi connectivity index (χ2v) is 3.66. The van der Waals surface area contributed by atoms with E-state index in [0.29, 0.717) is 11.7 Å². The van der Waals surface area contributed by atoms with Gasteiger partial charge in [0.15, 0.2) is 0 Å². The highest BCUT2D eigenvalue weighted by Crippen LogP contribution is 2.58. The maximum atomic E-state index is 9.53. The lowest BCUT2D eigenvalue weighted by molar-refractivity contribution is 0.468. The Labute approximate surface area is 65.7 Å². The molecule has 1 fully saturated rings. The fraction of sp³-hybridized carbons (Fsp3) is 0.400. The largest absolute Gasteiger partial charge is 0.508 e. The molecule has 0 saturated heterocycles. The summed E-state index contributed by atoms with van der Waals surface area (Å²) in [6, 6.07) is 5.89. The summed E-state index contributed by atoms with van der Waals surface area (Å²) in [7, 11) is 0. The maximum absolute atomic E-state index is 9.53. The van der Waals surface area contributed by atoms with E-state index >= 15 is 0 Å². The van der Waals surface area contributed by atoms with Crippen molar-refractivity contribution < 1.29 is 5.11 Å². The summed E-state index contributed by atoms with van der Waals surface area (Å²) in [6.07, 6.45) is 2.51. The van der Waals surface area contributed by atoms with Crippen molar-refractivity contribution in [3.8, 4) is 5.75 Å². The van der Waals surface area contributed by atoms with Crippen molar-refractivity contribution in [2.75, 3.05) is 0 Å². The van der Waals surface area contributed by atoms with Crippen molar-refractivity contribution in [3.63, 3.8) is 0 Å². The summed E-state index contributed by atoms with van der Waals surface area (Å²) >= 11 is 0. The van der Waals surface area contributed by atoms with Crippen LogP contribution in [-0.4, -0.2) is 5.11 Å². The first-order valence-corrected chi connectivity index (χ1v) is 4.17. The van der Waals surface area contributed by atoms with E-state index in [4.69, 9.17) is 0 Å². The van der Waals surface area contributed by atoms with Gasteiger partial charge < -0.3 is 5.11 Å². The molecule has 0 bridgehead atoms. The van der Waals surface area contributed by atoms with Crippen LogP contribution in [0, 0.1) is 5.92 Å². The van der Waals surface area contributed by atoms with Crippen molar-refractivity contribution in [2.24, 2.45) is 5.92 Å². The Morgan fingerprint density at radius 2 is 2.27 bits per heavy atom. The Morgan fingerprint density at radius 3 is 3.09 bits per heavy atom. The van der Waals surface area contributed by atoms with Crippen LogP contribution in [0.25, 0.3) is 0 Å². The standard InChI is InChI=1S/C10H10O/c11-9-3-1-2-6-4-7-5-8(7)10(6)9/h1-3,7-8,11H,4-5H2/t7-,8+/m1/s1. The van der Waals surface area contributed by atoms with Crippen LogP contribution in [0.15, 0.2) is 18.2 Å². The molecule has 3 rings (SSSR count). The van der Waals surface area contributed by atoms with Crippen LogP contribution in [0.5, 0.6) is 5.75 Å².